The third kappa shape index (κ3) is 2.35. The van der Waals surface area contributed by atoms with Gasteiger partial charge in [0.1, 0.15) is 0 Å². The lowest BCUT2D eigenvalue weighted by Crippen LogP contribution is -2.14. The summed E-state index contributed by atoms with van der Waals surface area (Å²) in [7, 11) is 0. The number of nitrogens with one attached hydrogen (secondary N) is 2. The highest BCUT2D eigenvalue weighted by atomic mass is 79.9. The number of amides is 1. The summed E-state index contributed by atoms with van der Waals surface area (Å²) < 4.78 is 0.819. The van der Waals surface area contributed by atoms with Gasteiger partial charge in [-0.05, 0) is 40.9 Å². The van der Waals surface area contributed by atoms with Gasteiger partial charge in [-0.2, -0.15) is 5.10 Å². The van der Waals surface area contributed by atoms with Gasteiger partial charge in [-0.1, -0.05) is 12.1 Å². The van der Waals surface area contributed by atoms with Crippen LogP contribution in [0.15, 0.2) is 28.7 Å². The fraction of sp³-hybridized carbons (Fsp3) is 0.231. The van der Waals surface area contributed by atoms with Gasteiger partial charge in [0.2, 0.25) is 0 Å². The zero-order chi connectivity index (χ0) is 13.4. The minimum absolute atomic E-state index is 0.262. The van der Waals surface area contributed by atoms with Crippen LogP contribution in [-0.2, 0) is 0 Å². The Morgan fingerprint density at radius 1 is 1.42 bits per heavy atom. The number of carbonyl (C=O) groups excluding carboxylic acids is 1. The second-order valence-electron chi connectivity index (χ2n) is 4.61. The van der Waals surface area contributed by atoms with Crippen LogP contribution in [-0.4, -0.2) is 16.1 Å². The Morgan fingerprint density at radius 3 is 2.84 bits per heavy atom. The quantitative estimate of drug-likeness (QED) is 0.813. The molecule has 1 saturated carbocycles. The zero-order valence-electron chi connectivity index (χ0n) is 10.1. The molecule has 0 radical (unpaired) electrons. The van der Waals surface area contributed by atoms with Crippen LogP contribution in [0.1, 0.15) is 34.9 Å². The Morgan fingerprint density at radius 2 is 2.16 bits per heavy atom. The Hall–Kier alpha value is -1.82. The summed E-state index contributed by atoms with van der Waals surface area (Å²) in [5.74, 6) is 0.144. The SMILES string of the molecule is Nc1c(C(=O)Nc2ccccc2Br)n[nH]c1C1CC1. The first kappa shape index (κ1) is 12.2. The van der Waals surface area contributed by atoms with Crippen molar-refractivity contribution < 1.29 is 4.79 Å². The van der Waals surface area contributed by atoms with Gasteiger partial charge in [0, 0.05) is 10.4 Å². The Balaban J connectivity index is 1.82. The van der Waals surface area contributed by atoms with E-state index in [1.54, 1.807) is 0 Å². The van der Waals surface area contributed by atoms with E-state index in [2.05, 4.69) is 31.4 Å². The van der Waals surface area contributed by atoms with Crippen molar-refractivity contribution in [3.05, 3.63) is 40.1 Å². The largest absolute Gasteiger partial charge is 0.395 e. The molecule has 1 aliphatic rings. The molecule has 0 spiro atoms. The van der Waals surface area contributed by atoms with Crippen LogP contribution < -0.4 is 11.1 Å². The molecule has 6 heteroatoms. The summed E-state index contributed by atoms with van der Waals surface area (Å²) in [6.07, 6.45) is 2.22. The Bertz CT molecular complexity index is 633. The van der Waals surface area contributed by atoms with Crippen LogP contribution >= 0.6 is 15.9 Å². The summed E-state index contributed by atoms with van der Waals surface area (Å²) in [4.78, 5) is 12.1. The molecule has 19 heavy (non-hydrogen) atoms. The third-order valence-electron chi connectivity index (χ3n) is 3.16. The van der Waals surface area contributed by atoms with E-state index in [1.807, 2.05) is 24.3 Å². The molecule has 0 aliphatic heterocycles. The molecule has 1 aromatic carbocycles. The number of H-pyrrole nitrogens is 1. The smallest absolute Gasteiger partial charge is 0.278 e. The van der Waals surface area contributed by atoms with Gasteiger partial charge in [0.05, 0.1) is 17.1 Å². The van der Waals surface area contributed by atoms with Crippen LogP contribution in [0.4, 0.5) is 11.4 Å². The van der Waals surface area contributed by atoms with Gasteiger partial charge >= 0.3 is 0 Å². The van der Waals surface area contributed by atoms with Crippen molar-refractivity contribution in [1.82, 2.24) is 10.2 Å². The van der Waals surface area contributed by atoms with Gasteiger partial charge in [-0.15, -0.1) is 0 Å². The van der Waals surface area contributed by atoms with E-state index in [4.69, 9.17) is 5.73 Å². The first-order chi connectivity index (χ1) is 9.16. The highest BCUT2D eigenvalue weighted by molar-refractivity contribution is 9.10. The molecule has 0 bridgehead atoms. The summed E-state index contributed by atoms with van der Waals surface area (Å²) in [5, 5.41) is 9.69. The van der Waals surface area contributed by atoms with Crippen LogP contribution in [0.2, 0.25) is 0 Å². The highest BCUT2D eigenvalue weighted by Crippen LogP contribution is 2.42. The predicted molar refractivity (Wildman–Crippen MR) is 77.1 cm³/mol. The molecule has 1 heterocycles. The molecule has 1 aromatic heterocycles. The molecule has 1 amide bonds. The molecule has 1 fully saturated rings. The van der Waals surface area contributed by atoms with E-state index in [0.29, 0.717) is 17.3 Å². The van der Waals surface area contributed by atoms with Gasteiger partial charge in [-0.3, -0.25) is 9.89 Å². The lowest BCUT2D eigenvalue weighted by Gasteiger charge is -2.05. The van der Waals surface area contributed by atoms with Crippen molar-refractivity contribution in [3.8, 4) is 0 Å². The number of benzene rings is 1. The van der Waals surface area contributed by atoms with Crippen LogP contribution in [0.5, 0.6) is 0 Å². The second-order valence-corrected chi connectivity index (χ2v) is 5.46. The number of hydrogen-bond acceptors (Lipinski definition) is 3. The molecular formula is C13H13BrN4O. The lowest BCUT2D eigenvalue weighted by atomic mass is 10.2. The molecule has 4 N–H and O–H groups in total. The lowest BCUT2D eigenvalue weighted by molar-refractivity contribution is 0.102. The number of nitrogens with two attached hydrogens (primary N) is 1. The van der Waals surface area contributed by atoms with Gasteiger partial charge in [0.15, 0.2) is 5.69 Å². The van der Waals surface area contributed by atoms with Gasteiger partial charge in [0.25, 0.3) is 5.91 Å². The molecule has 5 nitrogen and oxygen atoms in total. The van der Waals surface area contributed by atoms with E-state index in [0.717, 1.165) is 23.0 Å². The monoisotopic (exact) mass is 320 g/mol. The highest BCUT2D eigenvalue weighted by Gasteiger charge is 2.30. The average Bonchev–Trinajstić information content (AvgIpc) is 3.15. The van der Waals surface area contributed by atoms with Crippen molar-refractivity contribution in [2.45, 2.75) is 18.8 Å². The number of nitrogen functional groups attached to an aromatic ring is 1. The van der Waals surface area contributed by atoms with E-state index in [1.165, 1.54) is 0 Å². The maximum Gasteiger partial charge on any atom is 0.278 e. The Kier molecular flexibility index (Phi) is 3.02. The molecule has 0 atom stereocenters. The van der Waals surface area contributed by atoms with E-state index in [9.17, 15) is 4.79 Å². The number of rotatable bonds is 3. The molecule has 98 valence electrons. The van der Waals surface area contributed by atoms with E-state index >= 15 is 0 Å². The fourth-order valence-electron chi connectivity index (χ4n) is 1.96. The number of anilines is 2. The zero-order valence-corrected chi connectivity index (χ0v) is 11.7. The fourth-order valence-corrected chi connectivity index (χ4v) is 2.35. The minimum Gasteiger partial charge on any atom is -0.395 e. The van der Waals surface area contributed by atoms with Crippen LogP contribution in [0.3, 0.4) is 0 Å². The molecule has 0 saturated heterocycles. The molecular weight excluding hydrogens is 308 g/mol. The third-order valence-corrected chi connectivity index (χ3v) is 3.85. The van der Waals surface area contributed by atoms with Gasteiger partial charge in [-0.25, -0.2) is 0 Å². The van der Waals surface area contributed by atoms with Crippen molar-refractivity contribution in [3.63, 3.8) is 0 Å². The number of para-hydroxylation sites is 1. The van der Waals surface area contributed by atoms with E-state index in [-0.39, 0.29) is 11.6 Å². The molecule has 3 rings (SSSR count). The summed E-state index contributed by atoms with van der Waals surface area (Å²) >= 11 is 3.38. The maximum atomic E-state index is 12.1. The first-order valence-electron chi connectivity index (χ1n) is 6.06. The Labute approximate surface area is 118 Å². The summed E-state index contributed by atoms with van der Waals surface area (Å²) in [6, 6.07) is 7.41. The number of aromatic nitrogens is 2. The number of aromatic amines is 1. The number of halogens is 1. The van der Waals surface area contributed by atoms with Crippen molar-refractivity contribution in [2.75, 3.05) is 11.1 Å². The van der Waals surface area contributed by atoms with Crippen LogP contribution in [0, 0.1) is 0 Å². The number of hydrogen-bond donors (Lipinski definition) is 3. The molecule has 1 aliphatic carbocycles. The van der Waals surface area contributed by atoms with E-state index < -0.39 is 0 Å². The van der Waals surface area contributed by atoms with Crippen molar-refractivity contribution in [2.24, 2.45) is 0 Å². The summed E-state index contributed by atoms with van der Waals surface area (Å²) in [6.45, 7) is 0. The topological polar surface area (TPSA) is 83.8 Å². The number of nitrogens with zero attached hydrogens (tertiary/aromatic N) is 1. The predicted octanol–water partition coefficient (Wildman–Crippen LogP) is 2.88. The standard InChI is InChI=1S/C13H13BrN4O/c14-8-3-1-2-4-9(8)16-13(19)12-10(15)11(17-18-12)7-5-6-7/h1-4,7H,5-6,15H2,(H,16,19)(H,17,18). The second kappa shape index (κ2) is 4.70. The van der Waals surface area contributed by atoms with Crippen molar-refractivity contribution >= 4 is 33.2 Å². The first-order valence-corrected chi connectivity index (χ1v) is 6.85. The number of carbonyl (C=O) groups is 1. The van der Waals surface area contributed by atoms with Crippen molar-refractivity contribution in [1.29, 1.82) is 0 Å². The van der Waals surface area contributed by atoms with Crippen LogP contribution in [0.25, 0.3) is 0 Å². The molecule has 0 unspecified atom stereocenters. The maximum absolute atomic E-state index is 12.1. The minimum atomic E-state index is -0.299. The summed E-state index contributed by atoms with van der Waals surface area (Å²) in [5.41, 5.74) is 8.28. The van der Waals surface area contributed by atoms with Gasteiger partial charge < -0.3 is 11.1 Å². The normalized spacial score (nSPS) is 14.4. The average molecular weight is 321 g/mol. The molecule has 2 aromatic rings.